The number of carboxylic acid groups (broad SMARTS) is 1. The van der Waals surface area contributed by atoms with E-state index in [0.29, 0.717) is 12.8 Å². The monoisotopic (exact) mass is 273 g/mol. The first-order valence-corrected chi connectivity index (χ1v) is 6.01. The second-order valence-electron chi connectivity index (χ2n) is 4.36. The quantitative estimate of drug-likeness (QED) is 0.745. The van der Waals surface area contributed by atoms with Gasteiger partial charge in [0, 0.05) is 0 Å². The highest BCUT2D eigenvalue weighted by molar-refractivity contribution is 5.88. The molecule has 4 nitrogen and oxygen atoms in total. The molecular weight excluding hydrogens is 256 g/mol. The minimum atomic E-state index is -1.53. The first-order valence-electron chi connectivity index (χ1n) is 6.01. The first kappa shape index (κ1) is 15.4. The Morgan fingerprint density at radius 3 is 2.26 bits per heavy atom. The molecule has 0 bridgehead atoms. The maximum Gasteiger partial charge on any atom is 0.338 e. The molecule has 1 rings (SSSR count). The normalized spacial score (nSPS) is 11.4. The van der Waals surface area contributed by atoms with Crippen LogP contribution >= 0.6 is 0 Å². The Hall–Kier alpha value is -1.69. The number of rotatable bonds is 6. The number of halogens is 2. The van der Waals surface area contributed by atoms with Crippen LogP contribution in [0.3, 0.4) is 0 Å². The molecular formula is C13H17F2NO3. The van der Waals surface area contributed by atoms with Crippen LogP contribution in [0.5, 0.6) is 0 Å². The molecule has 1 aromatic rings. The molecule has 0 radical (unpaired) electrons. The fourth-order valence-electron chi connectivity index (χ4n) is 1.79. The topological polar surface area (TPSA) is 69.6 Å². The van der Waals surface area contributed by atoms with Gasteiger partial charge in [0.25, 0.3) is 0 Å². The Labute approximate surface area is 110 Å². The summed E-state index contributed by atoms with van der Waals surface area (Å²) in [6.45, 7) is 3.39. The second-order valence-corrected chi connectivity index (χ2v) is 4.36. The lowest BCUT2D eigenvalue weighted by Crippen LogP contribution is -2.41. The molecule has 0 heterocycles. The molecule has 1 aromatic carbocycles. The summed E-state index contributed by atoms with van der Waals surface area (Å²) in [6.07, 6.45) is 1.03. The number of aliphatic hydroxyl groups is 1. The standard InChI is InChI=1S/C13H17F2NO3/c1-3-13(4-2,7-17)16-9-6-5-8(12(18)19)10(14)11(9)15/h5-6,16-17H,3-4,7H2,1-2H3,(H,18,19). The van der Waals surface area contributed by atoms with Gasteiger partial charge in [-0.2, -0.15) is 0 Å². The SMILES string of the molecule is CCC(CC)(CO)Nc1ccc(C(=O)O)c(F)c1F. The summed E-state index contributed by atoms with van der Waals surface area (Å²) in [5.74, 6) is -4.18. The van der Waals surface area contributed by atoms with Gasteiger partial charge in [-0.05, 0) is 25.0 Å². The van der Waals surface area contributed by atoms with Crippen molar-refractivity contribution in [3.8, 4) is 0 Å². The Morgan fingerprint density at radius 1 is 1.26 bits per heavy atom. The predicted octanol–water partition coefficient (Wildman–Crippen LogP) is 2.63. The Morgan fingerprint density at radius 2 is 1.84 bits per heavy atom. The maximum atomic E-state index is 13.8. The van der Waals surface area contributed by atoms with E-state index in [-0.39, 0.29) is 12.3 Å². The summed E-state index contributed by atoms with van der Waals surface area (Å²) >= 11 is 0. The van der Waals surface area contributed by atoms with Crippen LogP contribution in [0.15, 0.2) is 12.1 Å². The van der Waals surface area contributed by atoms with E-state index in [9.17, 15) is 18.7 Å². The zero-order chi connectivity index (χ0) is 14.6. The first-order chi connectivity index (χ1) is 8.90. The van der Waals surface area contributed by atoms with E-state index >= 15 is 0 Å². The fourth-order valence-corrected chi connectivity index (χ4v) is 1.79. The van der Waals surface area contributed by atoms with Crippen LogP contribution < -0.4 is 5.32 Å². The molecule has 6 heteroatoms. The van der Waals surface area contributed by atoms with E-state index in [1.54, 1.807) is 0 Å². The summed E-state index contributed by atoms with van der Waals surface area (Å²) in [4.78, 5) is 10.7. The highest BCUT2D eigenvalue weighted by atomic mass is 19.2. The van der Waals surface area contributed by atoms with Gasteiger partial charge in [-0.25, -0.2) is 13.6 Å². The van der Waals surface area contributed by atoms with E-state index in [4.69, 9.17) is 5.11 Å². The molecule has 0 saturated carbocycles. The number of aliphatic hydroxyl groups excluding tert-OH is 1. The summed E-state index contributed by atoms with van der Waals surface area (Å²) < 4.78 is 27.3. The van der Waals surface area contributed by atoms with Crippen molar-refractivity contribution in [3.63, 3.8) is 0 Å². The molecule has 0 aliphatic heterocycles. The Balaban J connectivity index is 3.16. The Bertz CT molecular complexity index is 465. The van der Waals surface area contributed by atoms with Crippen molar-refractivity contribution in [1.82, 2.24) is 0 Å². The van der Waals surface area contributed by atoms with E-state index in [0.717, 1.165) is 12.1 Å². The van der Waals surface area contributed by atoms with Gasteiger partial charge in [-0.1, -0.05) is 13.8 Å². The predicted molar refractivity (Wildman–Crippen MR) is 67.3 cm³/mol. The van der Waals surface area contributed by atoms with Crippen molar-refractivity contribution in [2.75, 3.05) is 11.9 Å². The zero-order valence-corrected chi connectivity index (χ0v) is 10.8. The molecule has 0 aliphatic carbocycles. The summed E-state index contributed by atoms with van der Waals surface area (Å²) in [7, 11) is 0. The minimum absolute atomic E-state index is 0.153. The highest BCUT2D eigenvalue weighted by Gasteiger charge is 2.27. The maximum absolute atomic E-state index is 13.8. The van der Waals surface area contributed by atoms with Gasteiger partial charge in [-0.3, -0.25) is 0 Å². The molecule has 0 aromatic heterocycles. The smallest absolute Gasteiger partial charge is 0.338 e. The minimum Gasteiger partial charge on any atom is -0.478 e. The van der Waals surface area contributed by atoms with Gasteiger partial charge < -0.3 is 15.5 Å². The molecule has 106 valence electrons. The van der Waals surface area contributed by atoms with Crippen molar-refractivity contribution in [1.29, 1.82) is 0 Å². The summed E-state index contributed by atoms with van der Waals surface area (Å²) in [6, 6.07) is 2.16. The van der Waals surface area contributed by atoms with Crippen molar-refractivity contribution >= 4 is 11.7 Å². The number of anilines is 1. The third kappa shape index (κ3) is 3.01. The van der Waals surface area contributed by atoms with Crippen LogP contribution in [-0.4, -0.2) is 28.3 Å². The zero-order valence-electron chi connectivity index (χ0n) is 10.8. The molecule has 3 N–H and O–H groups in total. The van der Waals surface area contributed by atoms with Gasteiger partial charge in [0.1, 0.15) is 0 Å². The van der Waals surface area contributed by atoms with Crippen molar-refractivity contribution in [3.05, 3.63) is 29.3 Å². The Kier molecular flexibility index (Phi) is 4.83. The van der Waals surface area contributed by atoms with Crippen LogP contribution in [0.2, 0.25) is 0 Å². The van der Waals surface area contributed by atoms with Gasteiger partial charge >= 0.3 is 5.97 Å². The average Bonchev–Trinajstić information content (AvgIpc) is 2.40. The lowest BCUT2D eigenvalue weighted by molar-refractivity contribution is 0.0690. The van der Waals surface area contributed by atoms with Gasteiger partial charge in [0.05, 0.1) is 23.4 Å². The van der Waals surface area contributed by atoms with Crippen molar-refractivity contribution in [2.24, 2.45) is 0 Å². The van der Waals surface area contributed by atoms with Crippen molar-refractivity contribution in [2.45, 2.75) is 32.2 Å². The van der Waals surface area contributed by atoms with Gasteiger partial charge in [0.15, 0.2) is 11.6 Å². The van der Waals surface area contributed by atoms with Crippen molar-refractivity contribution < 1.29 is 23.8 Å². The molecule has 0 aliphatic rings. The van der Waals surface area contributed by atoms with Gasteiger partial charge in [-0.15, -0.1) is 0 Å². The van der Waals surface area contributed by atoms with Gasteiger partial charge in [0.2, 0.25) is 0 Å². The third-order valence-corrected chi connectivity index (χ3v) is 3.37. The molecule has 0 fully saturated rings. The van der Waals surface area contributed by atoms with E-state index in [1.807, 2.05) is 13.8 Å². The molecule has 0 unspecified atom stereocenters. The lowest BCUT2D eigenvalue weighted by atomic mass is 9.93. The number of hydrogen-bond donors (Lipinski definition) is 3. The highest BCUT2D eigenvalue weighted by Crippen LogP contribution is 2.26. The number of hydrogen-bond acceptors (Lipinski definition) is 3. The van der Waals surface area contributed by atoms with E-state index in [1.165, 1.54) is 0 Å². The molecule has 0 atom stereocenters. The summed E-state index contributed by atoms with van der Waals surface area (Å²) in [5, 5.41) is 20.8. The number of carboxylic acids is 1. The molecule has 0 spiro atoms. The lowest BCUT2D eigenvalue weighted by Gasteiger charge is -2.32. The third-order valence-electron chi connectivity index (χ3n) is 3.37. The van der Waals surface area contributed by atoms with E-state index in [2.05, 4.69) is 5.32 Å². The number of aromatic carboxylic acids is 1. The number of carbonyl (C=O) groups is 1. The average molecular weight is 273 g/mol. The van der Waals surface area contributed by atoms with Crippen LogP contribution in [0, 0.1) is 11.6 Å². The largest absolute Gasteiger partial charge is 0.478 e. The van der Waals surface area contributed by atoms with E-state index < -0.39 is 28.7 Å². The second kappa shape index (κ2) is 5.97. The van der Waals surface area contributed by atoms with Crippen LogP contribution in [-0.2, 0) is 0 Å². The van der Waals surface area contributed by atoms with Crippen LogP contribution in [0.25, 0.3) is 0 Å². The van der Waals surface area contributed by atoms with Crippen LogP contribution in [0.1, 0.15) is 37.0 Å². The molecule has 0 amide bonds. The fraction of sp³-hybridized carbons (Fsp3) is 0.462. The van der Waals surface area contributed by atoms with Crippen LogP contribution in [0.4, 0.5) is 14.5 Å². The number of benzene rings is 1. The molecule has 19 heavy (non-hydrogen) atoms. The number of nitrogens with one attached hydrogen (secondary N) is 1. The summed E-state index contributed by atoms with van der Waals surface area (Å²) in [5.41, 5.74) is -1.62. The molecule has 0 saturated heterocycles.